The fraction of sp³-hybridized carbons (Fsp3) is 0.0370. The van der Waals surface area contributed by atoms with Crippen molar-refractivity contribution < 1.29 is 0 Å². The molecular weight excluding hydrogens is 360 g/mol. The van der Waals surface area contributed by atoms with E-state index in [0.29, 0.717) is 0 Å². The summed E-state index contributed by atoms with van der Waals surface area (Å²) < 4.78 is 0. The largest absolute Gasteiger partial charge is 0.0843 e. The van der Waals surface area contributed by atoms with Crippen LogP contribution in [0.5, 0.6) is 0 Å². The Hall–Kier alpha value is -3.09. The van der Waals surface area contributed by atoms with Gasteiger partial charge in [0.25, 0.3) is 0 Å². The van der Waals surface area contributed by atoms with Crippen molar-refractivity contribution in [2.75, 3.05) is 0 Å². The van der Waals surface area contributed by atoms with Crippen molar-refractivity contribution in [1.82, 2.24) is 0 Å². The first-order valence-electron chi connectivity index (χ1n) is 9.54. The van der Waals surface area contributed by atoms with Gasteiger partial charge in [-0.15, -0.1) is 0 Å². The maximum absolute atomic E-state index is 5.54. The Bertz CT molecular complexity index is 1290. The Balaban J connectivity index is 0.000000208. The Kier molecular flexibility index (Phi) is 4.35. The number of hydrogen-bond donors (Lipinski definition) is 0. The molecule has 0 heterocycles. The summed E-state index contributed by atoms with van der Waals surface area (Å²) in [5.41, 5.74) is 5.80. The molecule has 0 bridgehead atoms. The lowest BCUT2D eigenvalue weighted by Gasteiger charge is -2.12. The highest BCUT2D eigenvalue weighted by Gasteiger charge is 2.23. The third-order valence-electron chi connectivity index (χ3n) is 5.43. The molecule has 0 aromatic heterocycles. The van der Waals surface area contributed by atoms with Crippen molar-refractivity contribution in [2.45, 2.75) is 6.42 Å². The molecule has 5 aromatic carbocycles. The number of fused-ring (bicyclic) bond motifs is 8. The number of halogens is 1. The summed E-state index contributed by atoms with van der Waals surface area (Å²) in [6, 6.07) is 35.9. The van der Waals surface area contributed by atoms with Crippen LogP contribution in [0.4, 0.5) is 0 Å². The Morgan fingerprint density at radius 3 is 1.71 bits per heavy atom. The smallest absolute Gasteiger partial charge is 0.0405 e. The van der Waals surface area contributed by atoms with Crippen LogP contribution in [0.1, 0.15) is 11.1 Å². The van der Waals surface area contributed by atoms with Gasteiger partial charge in [0.1, 0.15) is 0 Å². The van der Waals surface area contributed by atoms with Crippen LogP contribution in [0.25, 0.3) is 32.7 Å². The van der Waals surface area contributed by atoms with E-state index in [2.05, 4.69) is 72.8 Å². The molecule has 28 heavy (non-hydrogen) atoms. The summed E-state index contributed by atoms with van der Waals surface area (Å²) in [6.07, 6.45) is 1.05. The van der Waals surface area contributed by atoms with Gasteiger partial charge in [-0.25, -0.2) is 0 Å². The molecule has 0 N–H and O–H groups in total. The van der Waals surface area contributed by atoms with Gasteiger partial charge >= 0.3 is 0 Å². The predicted molar refractivity (Wildman–Crippen MR) is 121 cm³/mol. The van der Waals surface area contributed by atoms with E-state index in [1.165, 1.54) is 43.8 Å². The highest BCUT2D eigenvalue weighted by molar-refractivity contribution is 6.30. The van der Waals surface area contributed by atoms with Gasteiger partial charge in [-0.1, -0.05) is 103 Å². The Morgan fingerprint density at radius 2 is 1.04 bits per heavy atom. The molecule has 6 rings (SSSR count). The predicted octanol–water partition coefficient (Wildman–Crippen LogP) is 7.90. The van der Waals surface area contributed by atoms with E-state index >= 15 is 0 Å². The van der Waals surface area contributed by atoms with Crippen LogP contribution in [0.3, 0.4) is 0 Å². The van der Waals surface area contributed by atoms with Gasteiger partial charge in [-0.3, -0.25) is 0 Å². The van der Waals surface area contributed by atoms with Gasteiger partial charge in [0, 0.05) is 5.02 Å². The first-order valence-corrected chi connectivity index (χ1v) is 9.92. The molecule has 0 spiro atoms. The zero-order valence-electron chi connectivity index (χ0n) is 15.4. The number of hydrogen-bond acceptors (Lipinski definition) is 0. The summed E-state index contributed by atoms with van der Waals surface area (Å²) >= 11 is 5.54. The monoisotopic (exact) mass is 378 g/mol. The zero-order valence-corrected chi connectivity index (χ0v) is 16.2. The molecule has 0 saturated heterocycles. The normalized spacial score (nSPS) is 11.6. The highest BCUT2D eigenvalue weighted by Crippen LogP contribution is 2.45. The van der Waals surface area contributed by atoms with E-state index in [0.717, 1.165) is 11.4 Å². The van der Waals surface area contributed by atoms with Crippen molar-refractivity contribution >= 4 is 33.1 Å². The van der Waals surface area contributed by atoms with E-state index in [9.17, 15) is 0 Å². The molecular formula is C27H19Cl. The quantitative estimate of drug-likeness (QED) is 0.235. The van der Waals surface area contributed by atoms with E-state index in [1.54, 1.807) is 0 Å². The summed E-state index contributed by atoms with van der Waals surface area (Å²) in [4.78, 5) is 0. The van der Waals surface area contributed by atoms with E-state index in [4.69, 9.17) is 11.6 Å². The minimum atomic E-state index is 0.794. The van der Waals surface area contributed by atoms with Crippen LogP contribution in [0.2, 0.25) is 5.02 Å². The lowest BCUT2D eigenvalue weighted by atomic mass is 9.92. The molecule has 0 amide bonds. The van der Waals surface area contributed by atoms with Crippen LogP contribution in [0, 0.1) is 0 Å². The Morgan fingerprint density at radius 1 is 0.500 bits per heavy atom. The molecule has 0 aliphatic heterocycles. The SMILES string of the molecule is Clc1ccccc1.c1ccc2c(c1)Cc1c-2c2ccccc2c2ccccc12. The second kappa shape index (κ2) is 7.14. The average Bonchev–Trinajstić information content (AvgIpc) is 3.15. The molecule has 0 unspecified atom stereocenters. The van der Waals surface area contributed by atoms with Crippen molar-refractivity contribution in [1.29, 1.82) is 0 Å². The first-order chi connectivity index (χ1) is 13.8. The maximum Gasteiger partial charge on any atom is 0.0405 e. The van der Waals surface area contributed by atoms with Gasteiger partial charge in [0.15, 0.2) is 0 Å². The number of benzene rings is 5. The zero-order chi connectivity index (χ0) is 18.9. The summed E-state index contributed by atoms with van der Waals surface area (Å²) in [7, 11) is 0. The number of rotatable bonds is 0. The van der Waals surface area contributed by atoms with Gasteiger partial charge in [-0.05, 0) is 62.4 Å². The van der Waals surface area contributed by atoms with Crippen LogP contribution >= 0.6 is 11.6 Å². The summed E-state index contributed by atoms with van der Waals surface area (Å²) in [6.45, 7) is 0. The van der Waals surface area contributed by atoms with E-state index in [1.807, 2.05) is 30.3 Å². The van der Waals surface area contributed by atoms with Crippen molar-refractivity contribution in [3.63, 3.8) is 0 Å². The molecule has 0 fully saturated rings. The topological polar surface area (TPSA) is 0 Å². The van der Waals surface area contributed by atoms with Gasteiger partial charge < -0.3 is 0 Å². The average molecular weight is 379 g/mol. The third kappa shape index (κ3) is 2.87. The molecule has 1 aliphatic rings. The fourth-order valence-corrected chi connectivity index (χ4v) is 4.37. The lowest BCUT2D eigenvalue weighted by molar-refractivity contribution is 1.29. The molecule has 0 saturated carbocycles. The molecule has 0 atom stereocenters. The molecule has 134 valence electrons. The molecule has 1 heteroatoms. The molecule has 1 aliphatic carbocycles. The highest BCUT2D eigenvalue weighted by atomic mass is 35.5. The van der Waals surface area contributed by atoms with Crippen LogP contribution in [-0.2, 0) is 6.42 Å². The van der Waals surface area contributed by atoms with Crippen LogP contribution in [0.15, 0.2) is 103 Å². The Labute approximate surface area is 170 Å². The van der Waals surface area contributed by atoms with Gasteiger partial charge in [-0.2, -0.15) is 0 Å². The van der Waals surface area contributed by atoms with Crippen molar-refractivity contribution in [3.05, 3.63) is 119 Å². The van der Waals surface area contributed by atoms with Crippen molar-refractivity contribution in [2.24, 2.45) is 0 Å². The molecule has 5 aromatic rings. The lowest BCUT2D eigenvalue weighted by Crippen LogP contribution is -1.87. The van der Waals surface area contributed by atoms with E-state index < -0.39 is 0 Å². The molecule has 0 nitrogen and oxygen atoms in total. The van der Waals surface area contributed by atoms with E-state index in [-0.39, 0.29) is 0 Å². The minimum absolute atomic E-state index is 0.794. The second-order valence-corrected chi connectivity index (χ2v) is 7.51. The fourth-order valence-electron chi connectivity index (χ4n) is 4.23. The minimum Gasteiger partial charge on any atom is -0.0843 e. The van der Waals surface area contributed by atoms with Crippen LogP contribution in [-0.4, -0.2) is 0 Å². The van der Waals surface area contributed by atoms with Crippen LogP contribution < -0.4 is 0 Å². The summed E-state index contributed by atoms with van der Waals surface area (Å²) in [5.74, 6) is 0. The second-order valence-electron chi connectivity index (χ2n) is 7.07. The standard InChI is InChI=1S/C21H14.C6H5Cl/c1-2-8-15-14(7-1)13-20-18-11-4-3-9-16(18)17-10-5-6-12-19(17)21(15)20;7-6-4-2-1-3-5-6/h1-12H,13H2;1-5H. The summed E-state index contributed by atoms with van der Waals surface area (Å²) in [5, 5.41) is 6.32. The maximum atomic E-state index is 5.54. The third-order valence-corrected chi connectivity index (χ3v) is 5.68. The van der Waals surface area contributed by atoms with Gasteiger partial charge in [0.2, 0.25) is 0 Å². The first kappa shape index (κ1) is 17.0. The van der Waals surface area contributed by atoms with Gasteiger partial charge in [0.05, 0.1) is 0 Å². The molecule has 0 radical (unpaired) electrons. The van der Waals surface area contributed by atoms with Crippen molar-refractivity contribution in [3.8, 4) is 11.1 Å².